The van der Waals surface area contributed by atoms with Crippen LogP contribution < -0.4 is 4.74 Å². The van der Waals surface area contributed by atoms with Crippen LogP contribution in [0.15, 0.2) is 60.3 Å². The Kier molecular flexibility index (Phi) is 3.82. The molecule has 0 aliphatic rings. The molecule has 0 fully saturated rings. The lowest BCUT2D eigenvalue weighted by Gasteiger charge is -2.08. The zero-order valence-corrected chi connectivity index (χ0v) is 12.5. The Balaban J connectivity index is 2.28. The van der Waals surface area contributed by atoms with Crippen molar-refractivity contribution in [2.24, 2.45) is 0 Å². The smallest absolute Gasteiger partial charge is 0.138 e. The summed E-state index contributed by atoms with van der Waals surface area (Å²) in [4.78, 5) is 3.19. The van der Waals surface area contributed by atoms with Gasteiger partial charge in [-0.2, -0.15) is 10.5 Å². The summed E-state index contributed by atoms with van der Waals surface area (Å²) >= 11 is 0. The van der Waals surface area contributed by atoms with Crippen LogP contribution in [0.2, 0.25) is 0 Å². The lowest BCUT2D eigenvalue weighted by atomic mass is 9.93. The fourth-order valence-electron chi connectivity index (χ4n) is 2.61. The highest BCUT2D eigenvalue weighted by Crippen LogP contribution is 2.33. The normalized spacial score (nSPS) is 9.87. The summed E-state index contributed by atoms with van der Waals surface area (Å²) in [5.74, 6) is 0.725. The minimum absolute atomic E-state index is 0.0833. The molecule has 0 atom stereocenters. The third-order valence-electron chi connectivity index (χ3n) is 3.71. The molecule has 0 bridgehead atoms. The number of hydrogen-bond acceptors (Lipinski definition) is 3. The van der Waals surface area contributed by atoms with Crippen LogP contribution in [-0.4, -0.2) is 12.1 Å². The number of aromatic amines is 1. The van der Waals surface area contributed by atoms with Crippen molar-refractivity contribution in [1.29, 1.82) is 10.5 Å². The first-order valence-corrected chi connectivity index (χ1v) is 7.04. The first-order chi connectivity index (χ1) is 11.3. The molecule has 3 aromatic rings. The van der Waals surface area contributed by atoms with Crippen LogP contribution >= 0.6 is 0 Å². The van der Waals surface area contributed by atoms with E-state index in [4.69, 9.17) is 4.74 Å². The van der Waals surface area contributed by atoms with Gasteiger partial charge in [0.2, 0.25) is 0 Å². The van der Waals surface area contributed by atoms with Gasteiger partial charge in [-0.05, 0) is 23.8 Å². The second kappa shape index (κ2) is 6.09. The molecule has 23 heavy (non-hydrogen) atoms. The molecular formula is C19H13N3O. The minimum Gasteiger partial charge on any atom is -0.497 e. The number of H-pyrrole nitrogens is 1. The number of methoxy groups -OCH3 is 1. The van der Waals surface area contributed by atoms with Crippen LogP contribution in [-0.2, 0) is 0 Å². The summed E-state index contributed by atoms with van der Waals surface area (Å²) in [6.45, 7) is 0. The maximum Gasteiger partial charge on any atom is 0.138 e. The zero-order valence-electron chi connectivity index (χ0n) is 12.5. The van der Waals surface area contributed by atoms with E-state index >= 15 is 0 Å². The second-order valence-electron chi connectivity index (χ2n) is 4.95. The Hall–Kier alpha value is -3.50. The van der Waals surface area contributed by atoms with Crippen molar-refractivity contribution in [3.8, 4) is 17.9 Å². The molecule has 0 unspecified atom stereocenters. The van der Waals surface area contributed by atoms with Crippen molar-refractivity contribution in [2.45, 2.75) is 0 Å². The van der Waals surface area contributed by atoms with Gasteiger partial charge in [0.25, 0.3) is 0 Å². The van der Waals surface area contributed by atoms with E-state index in [1.165, 1.54) is 0 Å². The largest absolute Gasteiger partial charge is 0.497 e. The number of rotatable bonds is 3. The SMILES string of the molecule is COc1ccc(C(=C(C#N)C#N)c2c[nH]c3ccccc23)cc1. The molecule has 0 amide bonds. The Labute approximate surface area is 133 Å². The van der Waals surface area contributed by atoms with Crippen molar-refractivity contribution in [3.63, 3.8) is 0 Å². The molecule has 1 heterocycles. The predicted octanol–water partition coefficient (Wildman–Crippen LogP) is 4.03. The van der Waals surface area contributed by atoms with Gasteiger partial charge in [0, 0.05) is 28.2 Å². The third-order valence-corrected chi connectivity index (χ3v) is 3.71. The van der Waals surface area contributed by atoms with Gasteiger partial charge in [-0.25, -0.2) is 0 Å². The number of fused-ring (bicyclic) bond motifs is 1. The molecule has 0 spiro atoms. The van der Waals surface area contributed by atoms with E-state index < -0.39 is 0 Å². The minimum atomic E-state index is 0.0833. The topological polar surface area (TPSA) is 72.6 Å². The van der Waals surface area contributed by atoms with Gasteiger partial charge in [-0.3, -0.25) is 0 Å². The highest BCUT2D eigenvalue weighted by molar-refractivity contribution is 5.99. The van der Waals surface area contributed by atoms with Gasteiger partial charge in [-0.15, -0.1) is 0 Å². The van der Waals surface area contributed by atoms with Gasteiger partial charge in [0.1, 0.15) is 23.5 Å². The van der Waals surface area contributed by atoms with Gasteiger partial charge in [0.15, 0.2) is 0 Å². The number of hydrogen-bond donors (Lipinski definition) is 1. The summed E-state index contributed by atoms with van der Waals surface area (Å²) in [6, 6.07) is 19.2. The van der Waals surface area contributed by atoms with Gasteiger partial charge in [-0.1, -0.05) is 30.3 Å². The standard InChI is InChI=1S/C19H13N3O/c1-23-15-8-6-13(7-9-15)19(14(10-20)11-21)17-12-22-18-5-3-2-4-16(17)18/h2-9,12,22H,1H3. The first-order valence-electron chi connectivity index (χ1n) is 7.04. The highest BCUT2D eigenvalue weighted by atomic mass is 16.5. The molecule has 1 N–H and O–H groups in total. The maximum absolute atomic E-state index is 9.36. The third kappa shape index (κ3) is 2.54. The average molecular weight is 299 g/mol. The number of nitrogens with zero attached hydrogens (tertiary/aromatic N) is 2. The van der Waals surface area contributed by atoms with Gasteiger partial charge >= 0.3 is 0 Å². The van der Waals surface area contributed by atoms with Crippen LogP contribution in [0, 0.1) is 22.7 Å². The van der Waals surface area contributed by atoms with Crippen LogP contribution in [0.4, 0.5) is 0 Å². The van der Waals surface area contributed by atoms with E-state index in [-0.39, 0.29) is 5.57 Å². The van der Waals surface area contributed by atoms with E-state index in [1.807, 2.05) is 66.9 Å². The fraction of sp³-hybridized carbons (Fsp3) is 0.0526. The molecule has 3 rings (SSSR count). The molecule has 1 aromatic heterocycles. The summed E-state index contributed by atoms with van der Waals surface area (Å²) in [6.07, 6.45) is 1.83. The number of aromatic nitrogens is 1. The molecule has 0 saturated carbocycles. The zero-order chi connectivity index (χ0) is 16.2. The summed E-state index contributed by atoms with van der Waals surface area (Å²) in [7, 11) is 1.60. The maximum atomic E-state index is 9.36. The summed E-state index contributed by atoms with van der Waals surface area (Å²) < 4.78 is 5.17. The first kappa shape index (κ1) is 14.4. The van der Waals surface area contributed by atoms with Crippen molar-refractivity contribution in [2.75, 3.05) is 7.11 Å². The molecule has 0 saturated heterocycles. The molecular weight excluding hydrogens is 286 g/mol. The Morgan fingerprint density at radius 3 is 2.35 bits per heavy atom. The summed E-state index contributed by atoms with van der Waals surface area (Å²) in [5, 5.41) is 19.7. The quantitative estimate of drug-likeness (QED) is 0.742. The number of allylic oxidation sites excluding steroid dienone is 1. The number of ether oxygens (including phenoxy) is 1. The Morgan fingerprint density at radius 1 is 1.00 bits per heavy atom. The molecule has 0 radical (unpaired) electrons. The molecule has 2 aromatic carbocycles. The number of nitriles is 2. The Bertz CT molecular complexity index is 950. The number of benzene rings is 2. The molecule has 4 nitrogen and oxygen atoms in total. The lowest BCUT2D eigenvalue weighted by molar-refractivity contribution is 0.415. The van der Waals surface area contributed by atoms with E-state index in [2.05, 4.69) is 4.98 Å². The van der Waals surface area contributed by atoms with Crippen LogP contribution in [0.25, 0.3) is 16.5 Å². The number of para-hydroxylation sites is 1. The van der Waals surface area contributed by atoms with Crippen molar-refractivity contribution < 1.29 is 4.74 Å². The van der Waals surface area contributed by atoms with E-state index in [0.717, 1.165) is 27.8 Å². The molecule has 0 aliphatic heterocycles. The molecule has 0 aliphatic carbocycles. The molecule has 110 valence electrons. The van der Waals surface area contributed by atoms with E-state index in [0.29, 0.717) is 5.57 Å². The Morgan fingerprint density at radius 2 is 1.70 bits per heavy atom. The van der Waals surface area contributed by atoms with Crippen molar-refractivity contribution in [3.05, 3.63) is 71.4 Å². The van der Waals surface area contributed by atoms with Gasteiger partial charge in [0.05, 0.1) is 7.11 Å². The highest BCUT2D eigenvalue weighted by Gasteiger charge is 2.16. The van der Waals surface area contributed by atoms with E-state index in [9.17, 15) is 10.5 Å². The van der Waals surface area contributed by atoms with Crippen LogP contribution in [0.3, 0.4) is 0 Å². The van der Waals surface area contributed by atoms with Gasteiger partial charge < -0.3 is 9.72 Å². The van der Waals surface area contributed by atoms with E-state index in [1.54, 1.807) is 7.11 Å². The van der Waals surface area contributed by atoms with Crippen molar-refractivity contribution in [1.82, 2.24) is 4.98 Å². The van der Waals surface area contributed by atoms with Crippen LogP contribution in [0.5, 0.6) is 5.75 Å². The fourth-order valence-corrected chi connectivity index (χ4v) is 2.61. The lowest BCUT2D eigenvalue weighted by Crippen LogP contribution is -1.92. The molecule has 4 heteroatoms. The number of nitrogens with one attached hydrogen (secondary N) is 1. The second-order valence-corrected chi connectivity index (χ2v) is 4.95. The monoisotopic (exact) mass is 299 g/mol. The predicted molar refractivity (Wildman–Crippen MR) is 88.5 cm³/mol. The van der Waals surface area contributed by atoms with Crippen molar-refractivity contribution >= 4 is 16.5 Å². The van der Waals surface area contributed by atoms with Crippen LogP contribution in [0.1, 0.15) is 11.1 Å². The summed E-state index contributed by atoms with van der Waals surface area (Å²) in [5.41, 5.74) is 3.30. The average Bonchev–Trinajstić information content (AvgIpc) is 3.03.